The fourth-order valence-corrected chi connectivity index (χ4v) is 6.91. The molecule has 4 rings (SSSR count). The molecular weight excluding hydrogens is 497 g/mol. The summed E-state index contributed by atoms with van der Waals surface area (Å²) in [4.78, 5) is 25.3. The van der Waals surface area contributed by atoms with Gasteiger partial charge in [0.15, 0.2) is 14.6 Å². The standard InChI is InChI=1S/C28H28FNO6S/c1-36-25-7-3-2-6-23(25)20-10-8-19(9-11-20)18-24(26(31)32)30-27(33)28(16-4-5-17-28)37(34,35)22-14-12-21(29)13-15-22/h2-3,6-15,24H,4-5,16-18H2,1H3,(H,30,33)(H,31,32)/t24-/m0/s1. The van der Waals surface area contributed by atoms with E-state index >= 15 is 0 Å². The van der Waals surface area contributed by atoms with Crippen molar-refractivity contribution in [3.63, 3.8) is 0 Å². The SMILES string of the molecule is COc1ccccc1-c1ccc(C[C@H](NC(=O)C2(S(=O)(=O)c3ccc(F)cc3)CCCC2)C(=O)O)cc1. The lowest BCUT2D eigenvalue weighted by atomic mass is 9.99. The lowest BCUT2D eigenvalue weighted by Crippen LogP contribution is -2.55. The van der Waals surface area contributed by atoms with Crippen LogP contribution in [0.5, 0.6) is 5.75 Å². The molecule has 2 N–H and O–H groups in total. The highest BCUT2D eigenvalue weighted by Crippen LogP contribution is 2.41. The summed E-state index contributed by atoms with van der Waals surface area (Å²) in [6.07, 6.45) is 1.13. The summed E-state index contributed by atoms with van der Waals surface area (Å²) in [5.41, 5.74) is 2.43. The van der Waals surface area contributed by atoms with Gasteiger partial charge in [-0.05, 0) is 54.3 Å². The van der Waals surface area contributed by atoms with Crippen molar-refractivity contribution in [1.29, 1.82) is 0 Å². The Labute approximate surface area is 215 Å². The second-order valence-corrected chi connectivity index (χ2v) is 11.4. The number of sulfone groups is 1. The van der Waals surface area contributed by atoms with E-state index in [4.69, 9.17) is 4.74 Å². The molecule has 37 heavy (non-hydrogen) atoms. The highest BCUT2D eigenvalue weighted by Gasteiger charge is 2.53. The van der Waals surface area contributed by atoms with Gasteiger partial charge in [0.25, 0.3) is 0 Å². The van der Waals surface area contributed by atoms with Crippen molar-refractivity contribution in [2.45, 2.75) is 47.8 Å². The third-order valence-corrected chi connectivity index (χ3v) is 9.39. The second kappa shape index (κ2) is 10.7. The van der Waals surface area contributed by atoms with Crippen LogP contribution in [-0.2, 0) is 25.8 Å². The highest BCUT2D eigenvalue weighted by molar-refractivity contribution is 7.93. The number of benzene rings is 3. The molecule has 7 nitrogen and oxygen atoms in total. The first-order chi connectivity index (χ1) is 17.7. The Morgan fingerprint density at radius 2 is 1.62 bits per heavy atom. The van der Waals surface area contributed by atoms with Gasteiger partial charge in [-0.15, -0.1) is 0 Å². The molecule has 0 radical (unpaired) electrons. The largest absolute Gasteiger partial charge is 0.496 e. The Balaban J connectivity index is 1.56. The number of hydrogen-bond acceptors (Lipinski definition) is 5. The molecule has 1 aliphatic rings. The maximum absolute atomic E-state index is 13.5. The van der Waals surface area contributed by atoms with Crippen LogP contribution in [0.4, 0.5) is 4.39 Å². The molecule has 1 atom stereocenters. The smallest absolute Gasteiger partial charge is 0.326 e. The van der Waals surface area contributed by atoms with Gasteiger partial charge in [0.1, 0.15) is 17.6 Å². The number of carboxylic acid groups (broad SMARTS) is 1. The van der Waals surface area contributed by atoms with Crippen LogP contribution in [-0.4, -0.2) is 43.3 Å². The summed E-state index contributed by atoms with van der Waals surface area (Å²) < 4.78 is 44.0. The minimum atomic E-state index is -4.19. The predicted molar refractivity (Wildman–Crippen MR) is 136 cm³/mol. The molecule has 0 unspecified atom stereocenters. The number of methoxy groups -OCH3 is 1. The van der Waals surface area contributed by atoms with Crippen molar-refractivity contribution in [1.82, 2.24) is 5.32 Å². The first kappa shape index (κ1) is 26.3. The van der Waals surface area contributed by atoms with Gasteiger partial charge in [-0.1, -0.05) is 55.3 Å². The zero-order chi connectivity index (χ0) is 26.6. The molecule has 0 heterocycles. The fraction of sp³-hybridized carbons (Fsp3) is 0.286. The van der Waals surface area contributed by atoms with Crippen LogP contribution in [0, 0.1) is 5.82 Å². The van der Waals surface area contributed by atoms with Crippen LogP contribution in [0.3, 0.4) is 0 Å². The minimum Gasteiger partial charge on any atom is -0.496 e. The monoisotopic (exact) mass is 525 g/mol. The molecule has 0 saturated heterocycles. The van der Waals surface area contributed by atoms with E-state index in [2.05, 4.69) is 5.32 Å². The summed E-state index contributed by atoms with van der Waals surface area (Å²) in [6, 6.07) is 17.7. The molecule has 1 amide bonds. The quantitative estimate of drug-likeness (QED) is 0.401. The maximum atomic E-state index is 13.5. The fourth-order valence-electron chi connectivity index (χ4n) is 4.83. The minimum absolute atomic E-state index is 0.0278. The Bertz CT molecular complexity index is 1380. The predicted octanol–water partition coefficient (Wildman–Crippen LogP) is 4.40. The van der Waals surface area contributed by atoms with Crippen LogP contribution < -0.4 is 10.1 Å². The molecule has 1 saturated carbocycles. The van der Waals surface area contributed by atoms with E-state index in [-0.39, 0.29) is 24.2 Å². The third kappa shape index (κ3) is 5.22. The van der Waals surface area contributed by atoms with Crippen LogP contribution in [0.1, 0.15) is 31.2 Å². The number of amides is 1. The van der Waals surface area contributed by atoms with Gasteiger partial charge in [0.2, 0.25) is 5.91 Å². The average Bonchev–Trinajstić information content (AvgIpc) is 3.41. The number of aliphatic carboxylic acids is 1. The van der Waals surface area contributed by atoms with E-state index in [0.717, 1.165) is 35.4 Å². The molecule has 9 heteroatoms. The van der Waals surface area contributed by atoms with Gasteiger partial charge >= 0.3 is 5.97 Å². The average molecular weight is 526 g/mol. The molecule has 0 bridgehead atoms. The Kier molecular flexibility index (Phi) is 7.63. The number of ether oxygens (including phenoxy) is 1. The summed E-state index contributed by atoms with van der Waals surface area (Å²) in [7, 11) is -2.60. The molecule has 1 fully saturated rings. The Morgan fingerprint density at radius 1 is 1.00 bits per heavy atom. The van der Waals surface area contributed by atoms with Gasteiger partial charge in [0, 0.05) is 12.0 Å². The summed E-state index contributed by atoms with van der Waals surface area (Å²) in [5, 5.41) is 12.3. The second-order valence-electron chi connectivity index (χ2n) is 9.12. The molecule has 0 aromatic heterocycles. The molecular formula is C28H28FNO6S. The zero-order valence-corrected chi connectivity index (χ0v) is 21.1. The summed E-state index contributed by atoms with van der Waals surface area (Å²) >= 11 is 0. The molecule has 194 valence electrons. The maximum Gasteiger partial charge on any atom is 0.326 e. The molecule has 0 aliphatic heterocycles. The number of carbonyl (C=O) groups is 2. The van der Waals surface area contributed by atoms with Gasteiger partial charge in [-0.3, -0.25) is 4.79 Å². The van der Waals surface area contributed by atoms with Crippen LogP contribution in [0.15, 0.2) is 77.7 Å². The number of carbonyl (C=O) groups excluding carboxylic acids is 1. The zero-order valence-electron chi connectivity index (χ0n) is 20.3. The molecule has 0 spiro atoms. The van der Waals surface area contributed by atoms with E-state index in [1.54, 1.807) is 19.2 Å². The Hall–Kier alpha value is -3.72. The van der Waals surface area contributed by atoms with E-state index in [0.29, 0.717) is 24.2 Å². The van der Waals surface area contributed by atoms with Crippen LogP contribution >= 0.6 is 0 Å². The van der Waals surface area contributed by atoms with E-state index in [1.165, 1.54) is 0 Å². The third-order valence-electron chi connectivity index (χ3n) is 6.88. The van der Waals surface area contributed by atoms with Crippen LogP contribution in [0.2, 0.25) is 0 Å². The van der Waals surface area contributed by atoms with Gasteiger partial charge in [-0.2, -0.15) is 0 Å². The highest BCUT2D eigenvalue weighted by atomic mass is 32.2. The van der Waals surface area contributed by atoms with Gasteiger partial charge in [-0.25, -0.2) is 17.6 Å². The van der Waals surface area contributed by atoms with Crippen molar-refractivity contribution in [3.8, 4) is 16.9 Å². The van der Waals surface area contributed by atoms with Crippen molar-refractivity contribution >= 4 is 21.7 Å². The molecule has 3 aromatic carbocycles. The van der Waals surface area contributed by atoms with Gasteiger partial charge in [0.05, 0.1) is 12.0 Å². The number of rotatable bonds is 9. The Morgan fingerprint density at radius 3 is 2.22 bits per heavy atom. The van der Waals surface area contributed by atoms with E-state index in [1.807, 2.05) is 36.4 Å². The van der Waals surface area contributed by atoms with Crippen LogP contribution in [0.25, 0.3) is 11.1 Å². The van der Waals surface area contributed by atoms with Crippen molar-refractivity contribution in [2.24, 2.45) is 0 Å². The lowest BCUT2D eigenvalue weighted by Gasteiger charge is -2.29. The molecule has 3 aromatic rings. The first-order valence-electron chi connectivity index (χ1n) is 11.9. The summed E-state index contributed by atoms with van der Waals surface area (Å²) in [6.45, 7) is 0. The van der Waals surface area contributed by atoms with Crippen molar-refractivity contribution in [2.75, 3.05) is 7.11 Å². The topological polar surface area (TPSA) is 110 Å². The number of nitrogens with one attached hydrogen (secondary N) is 1. The van der Waals surface area contributed by atoms with Crippen molar-refractivity contribution in [3.05, 3.63) is 84.2 Å². The normalized spacial score (nSPS) is 15.6. The van der Waals surface area contributed by atoms with E-state index < -0.39 is 38.3 Å². The van der Waals surface area contributed by atoms with Gasteiger partial charge < -0.3 is 15.2 Å². The van der Waals surface area contributed by atoms with E-state index in [9.17, 15) is 27.5 Å². The number of halogens is 1. The number of carboxylic acids is 1. The lowest BCUT2D eigenvalue weighted by molar-refractivity contribution is -0.142. The number of para-hydroxylation sites is 1. The molecule has 1 aliphatic carbocycles. The van der Waals surface area contributed by atoms with Crippen molar-refractivity contribution < 1.29 is 32.2 Å². The number of hydrogen-bond donors (Lipinski definition) is 2. The first-order valence-corrected chi connectivity index (χ1v) is 13.4. The summed E-state index contributed by atoms with van der Waals surface area (Å²) in [5.74, 6) is -2.00.